The van der Waals surface area contributed by atoms with Gasteiger partial charge in [0.15, 0.2) is 5.78 Å². The van der Waals surface area contributed by atoms with Gasteiger partial charge in [-0.3, -0.25) is 9.59 Å². The Morgan fingerprint density at radius 1 is 1.29 bits per heavy atom. The maximum absolute atomic E-state index is 13.9. The number of hydrogen-bond acceptors (Lipinski definition) is 4. The predicted molar refractivity (Wildman–Crippen MR) is 104 cm³/mol. The summed E-state index contributed by atoms with van der Waals surface area (Å²) < 4.78 is 13.9. The van der Waals surface area contributed by atoms with E-state index in [1.807, 2.05) is 0 Å². The van der Waals surface area contributed by atoms with Crippen molar-refractivity contribution in [1.29, 1.82) is 0 Å². The topological polar surface area (TPSA) is 76.1 Å². The molecule has 5 nitrogen and oxygen atoms in total. The minimum absolute atomic E-state index is 0.0588. The van der Waals surface area contributed by atoms with Crippen LogP contribution < -0.4 is 5.32 Å². The number of nitrogens with one attached hydrogen (secondary N) is 1. The fourth-order valence-corrected chi connectivity index (χ4v) is 3.45. The van der Waals surface area contributed by atoms with Crippen LogP contribution in [-0.4, -0.2) is 22.5 Å². The highest BCUT2D eigenvalue weighted by Gasteiger charge is 2.42. The SMILES string of the molecule is CC(=O)CC[C@H]1C[C@H]1C(=O)Nc1cc(CC(=O)c2c(F)cccc2Cl)ccn1. The molecule has 28 heavy (non-hydrogen) atoms. The van der Waals surface area contributed by atoms with Gasteiger partial charge in [0, 0.05) is 25.0 Å². The molecule has 0 spiro atoms. The number of rotatable bonds is 8. The van der Waals surface area contributed by atoms with E-state index < -0.39 is 11.6 Å². The molecule has 0 saturated heterocycles. The van der Waals surface area contributed by atoms with E-state index in [2.05, 4.69) is 10.3 Å². The van der Waals surface area contributed by atoms with Gasteiger partial charge in [-0.15, -0.1) is 0 Å². The maximum atomic E-state index is 13.9. The van der Waals surface area contributed by atoms with Crippen LogP contribution in [0.25, 0.3) is 0 Å². The first-order valence-corrected chi connectivity index (χ1v) is 9.45. The van der Waals surface area contributed by atoms with Gasteiger partial charge in [-0.25, -0.2) is 9.37 Å². The minimum Gasteiger partial charge on any atom is -0.310 e. The molecule has 7 heteroatoms. The van der Waals surface area contributed by atoms with E-state index in [0.29, 0.717) is 17.8 Å². The van der Waals surface area contributed by atoms with Crippen molar-refractivity contribution in [2.45, 2.75) is 32.6 Å². The Bertz CT molecular complexity index is 911. The lowest BCUT2D eigenvalue weighted by molar-refractivity contribution is -0.119. The lowest BCUT2D eigenvalue weighted by atomic mass is 10.0. The number of nitrogens with zero attached hydrogens (tertiary/aromatic N) is 1. The number of amides is 1. The van der Waals surface area contributed by atoms with Crippen LogP contribution in [0.1, 0.15) is 42.1 Å². The summed E-state index contributed by atoms with van der Waals surface area (Å²) in [5, 5.41) is 2.82. The monoisotopic (exact) mass is 402 g/mol. The molecule has 1 amide bonds. The largest absolute Gasteiger partial charge is 0.310 e. The molecule has 0 aliphatic heterocycles. The molecule has 0 bridgehead atoms. The third kappa shape index (κ3) is 5.01. The normalized spacial score (nSPS) is 17.8. The molecule has 146 valence electrons. The van der Waals surface area contributed by atoms with E-state index in [-0.39, 0.29) is 40.5 Å². The predicted octanol–water partition coefficient (Wildman–Crippen LogP) is 4.24. The van der Waals surface area contributed by atoms with E-state index in [1.165, 1.54) is 24.4 Å². The number of benzene rings is 1. The third-order valence-corrected chi connectivity index (χ3v) is 5.12. The summed E-state index contributed by atoms with van der Waals surface area (Å²) in [6.07, 6.45) is 3.41. The van der Waals surface area contributed by atoms with Crippen molar-refractivity contribution in [2.24, 2.45) is 11.8 Å². The Labute approximate surface area is 167 Å². The molecule has 1 fully saturated rings. The zero-order valence-corrected chi connectivity index (χ0v) is 16.1. The van der Waals surface area contributed by atoms with Gasteiger partial charge < -0.3 is 10.1 Å². The van der Waals surface area contributed by atoms with Crippen LogP contribution in [0.5, 0.6) is 0 Å². The van der Waals surface area contributed by atoms with Crippen molar-refractivity contribution >= 4 is 34.9 Å². The number of carbonyl (C=O) groups excluding carboxylic acids is 3. The zero-order chi connectivity index (χ0) is 20.3. The van der Waals surface area contributed by atoms with Gasteiger partial charge in [0.1, 0.15) is 17.4 Å². The van der Waals surface area contributed by atoms with Crippen LogP contribution in [0.2, 0.25) is 5.02 Å². The molecule has 2 atom stereocenters. The minimum atomic E-state index is -0.662. The second kappa shape index (κ2) is 8.61. The van der Waals surface area contributed by atoms with Crippen LogP contribution in [0, 0.1) is 17.7 Å². The molecule has 1 N–H and O–H groups in total. The van der Waals surface area contributed by atoms with Crippen LogP contribution in [0.3, 0.4) is 0 Å². The van der Waals surface area contributed by atoms with E-state index in [0.717, 1.165) is 12.8 Å². The van der Waals surface area contributed by atoms with E-state index in [1.54, 1.807) is 19.1 Å². The first kappa shape index (κ1) is 20.1. The summed E-state index contributed by atoms with van der Waals surface area (Å²) in [4.78, 5) is 39.9. The summed E-state index contributed by atoms with van der Waals surface area (Å²) in [5.74, 6) is -0.655. The molecule has 3 rings (SSSR count). The number of Topliss-reactive ketones (excluding diaryl/α,β-unsaturated/α-hetero) is 2. The highest BCUT2D eigenvalue weighted by Crippen LogP contribution is 2.42. The number of carbonyl (C=O) groups is 3. The highest BCUT2D eigenvalue weighted by atomic mass is 35.5. The van der Waals surface area contributed by atoms with E-state index >= 15 is 0 Å². The molecule has 1 saturated carbocycles. The number of ketones is 2. The Hall–Kier alpha value is -2.60. The average molecular weight is 403 g/mol. The Balaban J connectivity index is 1.61. The van der Waals surface area contributed by atoms with E-state index in [9.17, 15) is 18.8 Å². The van der Waals surface area contributed by atoms with Gasteiger partial charge in [-0.05, 0) is 55.5 Å². The summed E-state index contributed by atoms with van der Waals surface area (Å²) in [7, 11) is 0. The first-order valence-electron chi connectivity index (χ1n) is 9.07. The maximum Gasteiger partial charge on any atom is 0.228 e. The molecular weight excluding hydrogens is 383 g/mol. The number of anilines is 1. The van der Waals surface area contributed by atoms with Gasteiger partial charge in [0.05, 0.1) is 10.6 Å². The quantitative estimate of drug-likeness (QED) is 0.670. The van der Waals surface area contributed by atoms with E-state index in [4.69, 9.17) is 11.6 Å². The molecule has 2 aromatic rings. The average Bonchev–Trinajstić information content (AvgIpc) is 3.40. The number of halogens is 2. The molecule has 1 heterocycles. The highest BCUT2D eigenvalue weighted by molar-refractivity contribution is 6.34. The lowest BCUT2D eigenvalue weighted by Crippen LogP contribution is -2.16. The summed E-state index contributed by atoms with van der Waals surface area (Å²) in [6.45, 7) is 1.54. The van der Waals surface area contributed by atoms with Crippen molar-refractivity contribution in [2.75, 3.05) is 5.32 Å². The van der Waals surface area contributed by atoms with Crippen molar-refractivity contribution in [3.63, 3.8) is 0 Å². The third-order valence-electron chi connectivity index (χ3n) is 4.81. The van der Waals surface area contributed by atoms with Gasteiger partial charge >= 0.3 is 0 Å². The Morgan fingerprint density at radius 2 is 2.07 bits per heavy atom. The standard InChI is InChI=1S/C21H20ClFN2O3/c1-12(26)5-6-14-11-15(14)21(28)25-19-10-13(7-8-24-19)9-18(27)20-16(22)3-2-4-17(20)23/h2-4,7-8,10,14-15H,5-6,9,11H2,1H3,(H,24,25,28)/t14-,15+/m0/s1. The van der Waals surface area contributed by atoms with Crippen LogP contribution in [-0.2, 0) is 16.0 Å². The van der Waals surface area contributed by atoms with Crippen LogP contribution in [0.4, 0.5) is 10.2 Å². The van der Waals surface area contributed by atoms with Gasteiger partial charge in [0.2, 0.25) is 5.91 Å². The number of aromatic nitrogens is 1. The van der Waals surface area contributed by atoms with Crippen LogP contribution in [0.15, 0.2) is 36.5 Å². The lowest BCUT2D eigenvalue weighted by Gasteiger charge is -2.08. The first-order chi connectivity index (χ1) is 13.3. The zero-order valence-electron chi connectivity index (χ0n) is 15.4. The summed E-state index contributed by atoms with van der Waals surface area (Å²) in [5.41, 5.74) is 0.455. The molecule has 1 aliphatic rings. The van der Waals surface area contributed by atoms with Gasteiger partial charge in [0.25, 0.3) is 0 Å². The van der Waals surface area contributed by atoms with Gasteiger partial charge in [-0.2, -0.15) is 0 Å². The van der Waals surface area contributed by atoms with Crippen molar-refractivity contribution in [1.82, 2.24) is 4.98 Å². The van der Waals surface area contributed by atoms with Crippen molar-refractivity contribution in [3.8, 4) is 0 Å². The molecular formula is C21H20ClFN2O3. The summed E-state index contributed by atoms with van der Waals surface area (Å²) in [6, 6.07) is 7.33. The second-order valence-electron chi connectivity index (χ2n) is 7.08. The van der Waals surface area contributed by atoms with Crippen LogP contribution >= 0.6 is 11.6 Å². The fraction of sp³-hybridized carbons (Fsp3) is 0.333. The molecule has 0 unspecified atom stereocenters. The number of hydrogen-bond donors (Lipinski definition) is 1. The fourth-order valence-electron chi connectivity index (χ4n) is 3.19. The van der Waals surface area contributed by atoms with Crippen molar-refractivity contribution in [3.05, 3.63) is 58.5 Å². The second-order valence-corrected chi connectivity index (χ2v) is 7.49. The molecule has 0 radical (unpaired) electrons. The summed E-state index contributed by atoms with van der Waals surface area (Å²) >= 11 is 5.94. The molecule has 1 aromatic heterocycles. The Kier molecular flexibility index (Phi) is 6.19. The smallest absolute Gasteiger partial charge is 0.228 e. The number of pyridine rings is 1. The van der Waals surface area contributed by atoms with Crippen molar-refractivity contribution < 1.29 is 18.8 Å². The Morgan fingerprint density at radius 3 is 2.79 bits per heavy atom. The van der Waals surface area contributed by atoms with Gasteiger partial charge in [-0.1, -0.05) is 17.7 Å². The molecule has 1 aliphatic carbocycles. The molecule has 1 aromatic carbocycles.